The Bertz CT molecular complexity index is 510. The number of benzene rings is 1. The van der Waals surface area contributed by atoms with Gasteiger partial charge in [-0.15, -0.1) is 0 Å². The number of anilines is 2. The largest absolute Gasteiger partial charge is 0.384 e. The molecule has 2 N–H and O–H groups in total. The molecule has 0 unspecified atom stereocenters. The molecule has 5 heteroatoms. The van der Waals surface area contributed by atoms with Gasteiger partial charge in [-0.3, -0.25) is 4.79 Å². The molecule has 0 aliphatic carbocycles. The number of nitrogens with zero attached hydrogens (tertiary/aromatic N) is 1. The zero-order valence-electron chi connectivity index (χ0n) is 12.5. The average molecular weight is 289 g/mol. The molecule has 0 spiro atoms. The highest BCUT2D eigenvalue weighted by atomic mass is 16.5. The summed E-state index contributed by atoms with van der Waals surface area (Å²) >= 11 is 0. The van der Waals surface area contributed by atoms with Crippen LogP contribution in [-0.4, -0.2) is 50.7 Å². The van der Waals surface area contributed by atoms with Gasteiger partial charge >= 0.3 is 0 Å². The smallest absolute Gasteiger partial charge is 0.253 e. The molecule has 1 amide bonds. The average Bonchev–Trinajstić information content (AvgIpc) is 2.55. The minimum Gasteiger partial charge on any atom is -0.384 e. The normalized spacial score (nSPS) is 18.6. The molecule has 1 aromatic rings. The Morgan fingerprint density at radius 1 is 1.24 bits per heavy atom. The second-order valence-electron chi connectivity index (χ2n) is 5.80. The van der Waals surface area contributed by atoms with E-state index in [1.54, 1.807) is 7.11 Å². The molecule has 0 bridgehead atoms. The summed E-state index contributed by atoms with van der Waals surface area (Å²) < 4.78 is 5.21. The first-order valence-electron chi connectivity index (χ1n) is 7.68. The zero-order chi connectivity index (χ0) is 14.7. The minimum atomic E-state index is 0.140. The molecule has 0 saturated carbocycles. The molecule has 1 saturated heterocycles. The van der Waals surface area contributed by atoms with Gasteiger partial charge < -0.3 is 20.3 Å². The topological polar surface area (TPSA) is 53.6 Å². The highest BCUT2D eigenvalue weighted by Crippen LogP contribution is 2.27. The number of amides is 1. The summed E-state index contributed by atoms with van der Waals surface area (Å²) in [6.45, 7) is 4.28. The first kappa shape index (κ1) is 14.2. The number of hydrogen-bond donors (Lipinski definition) is 2. The first-order valence-corrected chi connectivity index (χ1v) is 7.68. The quantitative estimate of drug-likeness (QED) is 0.894. The number of fused-ring (bicyclic) bond motifs is 1. The molecule has 2 heterocycles. The van der Waals surface area contributed by atoms with E-state index in [0.29, 0.717) is 5.92 Å². The maximum Gasteiger partial charge on any atom is 0.253 e. The van der Waals surface area contributed by atoms with E-state index in [2.05, 4.69) is 10.6 Å². The maximum atomic E-state index is 12.6. The van der Waals surface area contributed by atoms with Gasteiger partial charge in [-0.25, -0.2) is 0 Å². The Hall–Kier alpha value is -1.75. The van der Waals surface area contributed by atoms with E-state index in [1.807, 2.05) is 23.1 Å². The van der Waals surface area contributed by atoms with Gasteiger partial charge in [-0.05, 0) is 37.0 Å². The van der Waals surface area contributed by atoms with Gasteiger partial charge in [0.1, 0.15) is 0 Å². The summed E-state index contributed by atoms with van der Waals surface area (Å²) in [4.78, 5) is 14.6. The molecule has 0 aromatic heterocycles. The second-order valence-corrected chi connectivity index (χ2v) is 5.80. The van der Waals surface area contributed by atoms with Crippen LogP contribution in [0.5, 0.6) is 0 Å². The van der Waals surface area contributed by atoms with E-state index >= 15 is 0 Å². The van der Waals surface area contributed by atoms with Crippen molar-refractivity contribution in [2.75, 3.05) is 50.5 Å². The van der Waals surface area contributed by atoms with Crippen molar-refractivity contribution in [2.45, 2.75) is 12.8 Å². The molecule has 114 valence electrons. The number of methoxy groups -OCH3 is 1. The number of carbonyl (C=O) groups excluding carboxylic acids is 1. The molecule has 0 atom stereocenters. The summed E-state index contributed by atoms with van der Waals surface area (Å²) in [6.07, 6.45) is 2.06. The van der Waals surface area contributed by atoms with E-state index in [4.69, 9.17) is 4.74 Å². The fourth-order valence-electron chi connectivity index (χ4n) is 3.09. The zero-order valence-corrected chi connectivity index (χ0v) is 12.5. The number of carbonyl (C=O) groups is 1. The fourth-order valence-corrected chi connectivity index (χ4v) is 3.09. The predicted molar refractivity (Wildman–Crippen MR) is 83.9 cm³/mol. The van der Waals surface area contributed by atoms with Crippen molar-refractivity contribution < 1.29 is 9.53 Å². The third-order valence-electron chi connectivity index (χ3n) is 4.33. The van der Waals surface area contributed by atoms with E-state index < -0.39 is 0 Å². The van der Waals surface area contributed by atoms with Crippen molar-refractivity contribution >= 4 is 17.3 Å². The molecule has 2 aliphatic heterocycles. The Morgan fingerprint density at radius 2 is 1.95 bits per heavy atom. The van der Waals surface area contributed by atoms with Gasteiger partial charge in [0.25, 0.3) is 5.91 Å². The molecular formula is C16H23N3O2. The standard InChI is InChI=1S/C16H23N3O2/c1-21-11-12-4-8-19(9-5-12)16(20)13-2-3-14-15(10-13)18-7-6-17-14/h2-3,10,12,17-18H,4-9,11H2,1H3. The van der Waals surface area contributed by atoms with E-state index in [9.17, 15) is 4.79 Å². The molecule has 2 aliphatic rings. The van der Waals surface area contributed by atoms with Crippen molar-refractivity contribution in [3.05, 3.63) is 23.8 Å². The third kappa shape index (κ3) is 3.13. The molecular weight excluding hydrogens is 266 g/mol. The Morgan fingerprint density at radius 3 is 2.67 bits per heavy atom. The van der Waals surface area contributed by atoms with Crippen LogP contribution in [0, 0.1) is 5.92 Å². The lowest BCUT2D eigenvalue weighted by molar-refractivity contribution is 0.0613. The maximum absolute atomic E-state index is 12.6. The summed E-state index contributed by atoms with van der Waals surface area (Å²) in [5.41, 5.74) is 2.88. The van der Waals surface area contributed by atoms with Gasteiger partial charge in [0, 0.05) is 45.5 Å². The van der Waals surface area contributed by atoms with Crippen molar-refractivity contribution in [3.63, 3.8) is 0 Å². The van der Waals surface area contributed by atoms with Crippen LogP contribution < -0.4 is 10.6 Å². The van der Waals surface area contributed by atoms with Gasteiger partial charge in [-0.1, -0.05) is 0 Å². The van der Waals surface area contributed by atoms with E-state index in [-0.39, 0.29) is 5.91 Å². The first-order chi connectivity index (χ1) is 10.3. The van der Waals surface area contributed by atoms with Crippen LogP contribution in [0.2, 0.25) is 0 Å². The summed E-state index contributed by atoms with van der Waals surface area (Å²) in [5, 5.41) is 6.66. The number of hydrogen-bond acceptors (Lipinski definition) is 4. The lowest BCUT2D eigenvalue weighted by atomic mass is 9.97. The molecule has 3 rings (SSSR count). The Balaban J connectivity index is 1.66. The third-order valence-corrected chi connectivity index (χ3v) is 4.33. The fraction of sp³-hybridized carbons (Fsp3) is 0.562. The molecule has 1 aromatic carbocycles. The van der Waals surface area contributed by atoms with Crippen molar-refractivity contribution in [1.29, 1.82) is 0 Å². The van der Waals surface area contributed by atoms with Gasteiger partial charge in [-0.2, -0.15) is 0 Å². The van der Waals surface area contributed by atoms with Crippen molar-refractivity contribution in [1.82, 2.24) is 4.90 Å². The van der Waals surface area contributed by atoms with Crippen molar-refractivity contribution in [3.8, 4) is 0 Å². The van der Waals surface area contributed by atoms with Crippen molar-refractivity contribution in [2.24, 2.45) is 5.92 Å². The summed E-state index contributed by atoms with van der Waals surface area (Å²) in [7, 11) is 1.74. The second kappa shape index (κ2) is 6.35. The Kier molecular flexibility index (Phi) is 4.29. The van der Waals surface area contributed by atoms with Crippen LogP contribution in [0.1, 0.15) is 23.2 Å². The van der Waals surface area contributed by atoms with Crippen LogP contribution >= 0.6 is 0 Å². The van der Waals surface area contributed by atoms with Crippen LogP contribution in [0.4, 0.5) is 11.4 Å². The molecule has 1 fully saturated rings. The van der Waals surface area contributed by atoms with Crippen LogP contribution in [-0.2, 0) is 4.74 Å². The SMILES string of the molecule is COCC1CCN(C(=O)c2ccc3c(c2)NCCN3)CC1. The molecule has 0 radical (unpaired) electrons. The molecule has 21 heavy (non-hydrogen) atoms. The number of ether oxygens (including phenoxy) is 1. The molecule has 5 nitrogen and oxygen atoms in total. The predicted octanol–water partition coefficient (Wildman–Crippen LogP) is 2.02. The van der Waals surface area contributed by atoms with Crippen LogP contribution in [0.25, 0.3) is 0 Å². The van der Waals surface area contributed by atoms with E-state index in [1.165, 1.54) is 0 Å². The monoisotopic (exact) mass is 289 g/mol. The highest BCUT2D eigenvalue weighted by Gasteiger charge is 2.24. The van der Waals surface area contributed by atoms with Crippen LogP contribution in [0.15, 0.2) is 18.2 Å². The van der Waals surface area contributed by atoms with E-state index in [0.717, 1.165) is 62.6 Å². The lowest BCUT2D eigenvalue weighted by Crippen LogP contribution is -2.39. The lowest BCUT2D eigenvalue weighted by Gasteiger charge is -2.32. The number of piperidine rings is 1. The number of rotatable bonds is 3. The van der Waals surface area contributed by atoms with Crippen LogP contribution in [0.3, 0.4) is 0 Å². The summed E-state index contributed by atoms with van der Waals surface area (Å²) in [6, 6.07) is 5.87. The Labute approximate surface area is 125 Å². The summed E-state index contributed by atoms with van der Waals surface area (Å²) in [5.74, 6) is 0.731. The van der Waals surface area contributed by atoms with Gasteiger partial charge in [0.05, 0.1) is 11.4 Å². The van der Waals surface area contributed by atoms with Gasteiger partial charge in [0.15, 0.2) is 0 Å². The highest BCUT2D eigenvalue weighted by molar-refractivity contribution is 5.96. The number of nitrogens with one attached hydrogen (secondary N) is 2. The number of likely N-dealkylation sites (tertiary alicyclic amines) is 1. The minimum absolute atomic E-state index is 0.140. The van der Waals surface area contributed by atoms with Gasteiger partial charge in [0.2, 0.25) is 0 Å².